The summed E-state index contributed by atoms with van der Waals surface area (Å²) in [6.07, 6.45) is 3.29. The lowest BCUT2D eigenvalue weighted by molar-refractivity contribution is 0.0981. The van der Waals surface area contributed by atoms with E-state index in [1.54, 1.807) is 0 Å². The quantitative estimate of drug-likeness (QED) is 0.796. The van der Waals surface area contributed by atoms with E-state index in [1.165, 1.54) is 0 Å². The fraction of sp³-hybridized carbons (Fsp3) is 0.308. The van der Waals surface area contributed by atoms with Crippen LogP contribution in [-0.2, 0) is 7.05 Å². The highest BCUT2D eigenvalue weighted by Gasteiger charge is 2.06. The first-order valence-electron chi connectivity index (χ1n) is 5.50. The summed E-state index contributed by atoms with van der Waals surface area (Å²) < 4.78 is 2.05. The van der Waals surface area contributed by atoms with Crippen LogP contribution in [0.4, 0.5) is 0 Å². The van der Waals surface area contributed by atoms with Crippen LogP contribution < -0.4 is 5.73 Å². The standard InChI is InChI=1S/C13H16N2O/c1-15-8-6-10-9-11(4-5-12(10)15)13(16)3-2-7-14/h4-6,8-9H,2-3,7,14H2,1H3. The molecular formula is C13H16N2O. The van der Waals surface area contributed by atoms with Gasteiger partial charge in [-0.3, -0.25) is 4.79 Å². The lowest BCUT2D eigenvalue weighted by Crippen LogP contribution is -2.04. The molecule has 0 aliphatic heterocycles. The van der Waals surface area contributed by atoms with Gasteiger partial charge in [0, 0.05) is 36.1 Å². The molecule has 0 amide bonds. The molecule has 2 rings (SSSR count). The van der Waals surface area contributed by atoms with Crippen LogP contribution in [0.1, 0.15) is 23.2 Å². The van der Waals surface area contributed by atoms with Gasteiger partial charge in [0.15, 0.2) is 5.78 Å². The van der Waals surface area contributed by atoms with E-state index < -0.39 is 0 Å². The summed E-state index contributed by atoms with van der Waals surface area (Å²) in [6, 6.07) is 7.86. The number of rotatable bonds is 4. The van der Waals surface area contributed by atoms with Crippen LogP contribution in [0.5, 0.6) is 0 Å². The molecular weight excluding hydrogens is 200 g/mol. The molecule has 0 radical (unpaired) electrons. The van der Waals surface area contributed by atoms with Crippen molar-refractivity contribution in [2.75, 3.05) is 6.54 Å². The van der Waals surface area contributed by atoms with Gasteiger partial charge in [0.1, 0.15) is 0 Å². The zero-order valence-electron chi connectivity index (χ0n) is 9.44. The fourth-order valence-corrected chi connectivity index (χ4v) is 1.86. The van der Waals surface area contributed by atoms with Gasteiger partial charge in [0.25, 0.3) is 0 Å². The van der Waals surface area contributed by atoms with Crippen molar-refractivity contribution >= 4 is 16.7 Å². The molecule has 0 saturated carbocycles. The van der Waals surface area contributed by atoms with E-state index in [0.29, 0.717) is 13.0 Å². The smallest absolute Gasteiger partial charge is 0.162 e. The number of aromatic nitrogens is 1. The van der Waals surface area contributed by atoms with E-state index in [0.717, 1.165) is 22.9 Å². The van der Waals surface area contributed by atoms with Crippen LogP contribution >= 0.6 is 0 Å². The zero-order valence-corrected chi connectivity index (χ0v) is 9.44. The van der Waals surface area contributed by atoms with Crippen LogP contribution in [-0.4, -0.2) is 16.9 Å². The van der Waals surface area contributed by atoms with Crippen molar-refractivity contribution in [2.24, 2.45) is 12.8 Å². The minimum atomic E-state index is 0.177. The summed E-state index contributed by atoms with van der Waals surface area (Å²) in [5.74, 6) is 0.177. The van der Waals surface area contributed by atoms with Crippen LogP contribution in [0.2, 0.25) is 0 Å². The van der Waals surface area contributed by atoms with Crippen molar-refractivity contribution in [3.8, 4) is 0 Å². The molecule has 1 aromatic heterocycles. The number of aryl methyl sites for hydroxylation is 1. The van der Waals surface area contributed by atoms with E-state index in [4.69, 9.17) is 5.73 Å². The van der Waals surface area contributed by atoms with Gasteiger partial charge < -0.3 is 10.3 Å². The van der Waals surface area contributed by atoms with E-state index >= 15 is 0 Å². The zero-order chi connectivity index (χ0) is 11.5. The number of Topliss-reactive ketones (excluding diaryl/α,β-unsaturated/α-hetero) is 1. The Morgan fingerprint density at radius 2 is 2.19 bits per heavy atom. The number of benzene rings is 1. The Labute approximate surface area is 94.9 Å². The van der Waals surface area contributed by atoms with Gasteiger partial charge in [0.05, 0.1) is 0 Å². The van der Waals surface area contributed by atoms with Crippen LogP contribution in [0.3, 0.4) is 0 Å². The highest BCUT2D eigenvalue weighted by molar-refractivity contribution is 5.99. The first kappa shape index (κ1) is 10.9. The predicted octanol–water partition coefficient (Wildman–Crippen LogP) is 2.10. The highest BCUT2D eigenvalue weighted by Crippen LogP contribution is 2.17. The van der Waals surface area contributed by atoms with Crippen molar-refractivity contribution < 1.29 is 4.79 Å². The van der Waals surface area contributed by atoms with Crippen LogP contribution in [0, 0.1) is 0 Å². The van der Waals surface area contributed by atoms with Crippen LogP contribution in [0.25, 0.3) is 10.9 Å². The summed E-state index contributed by atoms with van der Waals surface area (Å²) in [6.45, 7) is 0.569. The van der Waals surface area contributed by atoms with E-state index in [2.05, 4.69) is 0 Å². The molecule has 1 heterocycles. The second-order valence-corrected chi connectivity index (χ2v) is 4.02. The summed E-state index contributed by atoms with van der Waals surface area (Å²) in [5.41, 5.74) is 7.33. The predicted molar refractivity (Wildman–Crippen MR) is 65.5 cm³/mol. The Morgan fingerprint density at radius 3 is 2.94 bits per heavy atom. The molecule has 84 valence electrons. The maximum atomic E-state index is 11.8. The van der Waals surface area contributed by atoms with Gasteiger partial charge in [-0.05, 0) is 37.2 Å². The molecule has 3 heteroatoms. The molecule has 0 aliphatic rings. The Kier molecular flexibility index (Phi) is 3.06. The van der Waals surface area contributed by atoms with Gasteiger partial charge in [-0.25, -0.2) is 0 Å². The summed E-state index contributed by atoms with van der Waals surface area (Å²) in [7, 11) is 2.00. The largest absolute Gasteiger partial charge is 0.351 e. The number of fused-ring (bicyclic) bond motifs is 1. The van der Waals surface area contributed by atoms with Crippen molar-refractivity contribution in [3.05, 3.63) is 36.0 Å². The molecule has 0 saturated heterocycles. The fourth-order valence-electron chi connectivity index (χ4n) is 1.86. The summed E-state index contributed by atoms with van der Waals surface area (Å²) >= 11 is 0. The number of hydrogen-bond acceptors (Lipinski definition) is 2. The number of ketones is 1. The van der Waals surface area contributed by atoms with Gasteiger partial charge in [-0.1, -0.05) is 0 Å². The number of carbonyl (C=O) groups is 1. The van der Waals surface area contributed by atoms with Crippen molar-refractivity contribution in [2.45, 2.75) is 12.8 Å². The van der Waals surface area contributed by atoms with E-state index in [1.807, 2.05) is 42.1 Å². The average molecular weight is 216 g/mol. The first-order chi connectivity index (χ1) is 7.72. The molecule has 0 bridgehead atoms. The van der Waals surface area contributed by atoms with E-state index in [9.17, 15) is 4.79 Å². The Hall–Kier alpha value is -1.61. The highest BCUT2D eigenvalue weighted by atomic mass is 16.1. The van der Waals surface area contributed by atoms with Gasteiger partial charge in [-0.15, -0.1) is 0 Å². The normalized spacial score (nSPS) is 10.9. The third-order valence-corrected chi connectivity index (χ3v) is 2.82. The maximum absolute atomic E-state index is 11.8. The first-order valence-corrected chi connectivity index (χ1v) is 5.50. The molecule has 16 heavy (non-hydrogen) atoms. The second-order valence-electron chi connectivity index (χ2n) is 4.02. The SMILES string of the molecule is Cn1ccc2cc(C(=O)CCCN)ccc21. The number of carbonyl (C=O) groups excluding carboxylic acids is 1. The topological polar surface area (TPSA) is 48.0 Å². The van der Waals surface area contributed by atoms with Crippen LogP contribution in [0.15, 0.2) is 30.5 Å². The molecule has 2 aromatic rings. The molecule has 0 unspecified atom stereocenters. The van der Waals surface area contributed by atoms with Crippen molar-refractivity contribution in [3.63, 3.8) is 0 Å². The Balaban J connectivity index is 2.29. The minimum absolute atomic E-state index is 0.177. The lowest BCUT2D eigenvalue weighted by Gasteiger charge is -2.01. The summed E-state index contributed by atoms with van der Waals surface area (Å²) in [4.78, 5) is 11.8. The van der Waals surface area contributed by atoms with Crippen molar-refractivity contribution in [1.29, 1.82) is 0 Å². The second kappa shape index (κ2) is 4.49. The number of nitrogens with two attached hydrogens (primary N) is 1. The Bertz CT molecular complexity index is 514. The van der Waals surface area contributed by atoms with E-state index in [-0.39, 0.29) is 5.78 Å². The Morgan fingerprint density at radius 1 is 1.38 bits per heavy atom. The lowest BCUT2D eigenvalue weighted by atomic mass is 10.0. The minimum Gasteiger partial charge on any atom is -0.351 e. The molecule has 3 nitrogen and oxygen atoms in total. The van der Waals surface area contributed by atoms with Gasteiger partial charge in [0.2, 0.25) is 0 Å². The van der Waals surface area contributed by atoms with Crippen molar-refractivity contribution in [1.82, 2.24) is 4.57 Å². The molecule has 0 fully saturated rings. The third kappa shape index (κ3) is 1.99. The molecule has 0 aliphatic carbocycles. The molecule has 0 spiro atoms. The average Bonchev–Trinajstić information content (AvgIpc) is 2.67. The number of nitrogens with zero attached hydrogens (tertiary/aromatic N) is 1. The molecule has 2 N–H and O–H groups in total. The van der Waals surface area contributed by atoms with Gasteiger partial charge in [-0.2, -0.15) is 0 Å². The molecule has 0 atom stereocenters. The molecule has 1 aromatic carbocycles. The third-order valence-electron chi connectivity index (χ3n) is 2.82. The monoisotopic (exact) mass is 216 g/mol. The van der Waals surface area contributed by atoms with Gasteiger partial charge >= 0.3 is 0 Å². The maximum Gasteiger partial charge on any atom is 0.162 e. The summed E-state index contributed by atoms with van der Waals surface area (Å²) in [5, 5.41) is 1.11. The number of hydrogen-bond donors (Lipinski definition) is 1.